The summed E-state index contributed by atoms with van der Waals surface area (Å²) in [5.74, 6) is -0.324. The van der Waals surface area contributed by atoms with Gasteiger partial charge in [-0.3, -0.25) is 4.79 Å². The van der Waals surface area contributed by atoms with Crippen LogP contribution in [0, 0.1) is 0 Å². The van der Waals surface area contributed by atoms with Gasteiger partial charge >= 0.3 is 0 Å². The van der Waals surface area contributed by atoms with E-state index >= 15 is 0 Å². The molecule has 0 saturated heterocycles. The number of nitrogens with one attached hydrogen (secondary N) is 2. The Hall–Kier alpha value is -2.05. The number of carbonyl (C=O) groups is 1. The minimum atomic E-state index is -0.189. The molecule has 5 nitrogen and oxygen atoms in total. The number of carbonyl (C=O) groups excluding carboxylic acids is 1. The molecule has 2 aromatic carbocycles. The fourth-order valence-corrected chi connectivity index (χ4v) is 3.67. The predicted molar refractivity (Wildman–Crippen MR) is 112 cm³/mol. The van der Waals surface area contributed by atoms with Crippen molar-refractivity contribution in [3.8, 4) is 0 Å². The van der Waals surface area contributed by atoms with Gasteiger partial charge in [-0.1, -0.05) is 47.5 Å². The Kier molecular flexibility index (Phi) is 7.34. The highest BCUT2D eigenvalue weighted by Crippen LogP contribution is 2.35. The van der Waals surface area contributed by atoms with E-state index in [1.54, 1.807) is 19.2 Å². The highest BCUT2D eigenvalue weighted by molar-refractivity contribution is 6.35. The maximum Gasteiger partial charge on any atom is 0.246 e. The molecule has 1 unspecified atom stereocenters. The van der Waals surface area contributed by atoms with Crippen molar-refractivity contribution < 1.29 is 14.3 Å². The SMILES string of the molecule is COCCOCC(=O)NCC(c1ccc(Cl)cc1Cl)c1c[nH]c2ccccc12. The second kappa shape index (κ2) is 9.94. The van der Waals surface area contributed by atoms with Crippen LogP contribution in [0.4, 0.5) is 0 Å². The smallest absolute Gasteiger partial charge is 0.246 e. The van der Waals surface area contributed by atoms with Crippen molar-refractivity contribution in [1.29, 1.82) is 0 Å². The lowest BCUT2D eigenvalue weighted by atomic mass is 9.90. The van der Waals surface area contributed by atoms with Gasteiger partial charge in [-0.05, 0) is 29.3 Å². The zero-order valence-electron chi connectivity index (χ0n) is 15.5. The summed E-state index contributed by atoms with van der Waals surface area (Å²) in [5, 5.41) is 5.16. The van der Waals surface area contributed by atoms with Crippen LogP contribution in [0.1, 0.15) is 17.0 Å². The molecule has 0 aliphatic rings. The summed E-state index contributed by atoms with van der Waals surface area (Å²) >= 11 is 12.5. The number of hydrogen-bond donors (Lipinski definition) is 2. The summed E-state index contributed by atoms with van der Waals surface area (Å²) in [6.45, 7) is 1.19. The van der Waals surface area contributed by atoms with E-state index in [9.17, 15) is 4.79 Å². The molecule has 0 bridgehead atoms. The Morgan fingerprint density at radius 1 is 1.14 bits per heavy atom. The van der Waals surface area contributed by atoms with Gasteiger partial charge in [-0.2, -0.15) is 0 Å². The maximum absolute atomic E-state index is 12.2. The quantitative estimate of drug-likeness (QED) is 0.504. The van der Waals surface area contributed by atoms with Gasteiger partial charge in [0.05, 0.1) is 13.2 Å². The van der Waals surface area contributed by atoms with Crippen LogP contribution >= 0.6 is 23.2 Å². The van der Waals surface area contributed by atoms with Crippen molar-refractivity contribution in [2.45, 2.75) is 5.92 Å². The van der Waals surface area contributed by atoms with Crippen LogP contribution in [0.5, 0.6) is 0 Å². The molecular formula is C21H22Cl2N2O3. The van der Waals surface area contributed by atoms with Crippen molar-refractivity contribution in [3.05, 3.63) is 69.8 Å². The van der Waals surface area contributed by atoms with Gasteiger partial charge in [0, 0.05) is 46.7 Å². The fraction of sp³-hybridized carbons (Fsp3) is 0.286. The normalized spacial score (nSPS) is 12.2. The average Bonchev–Trinajstić information content (AvgIpc) is 3.11. The molecule has 1 aromatic heterocycles. The number of halogens is 2. The lowest BCUT2D eigenvalue weighted by Gasteiger charge is -2.20. The minimum absolute atomic E-state index is 0.0156. The molecule has 1 amide bonds. The van der Waals surface area contributed by atoms with Gasteiger partial charge in [0.2, 0.25) is 5.91 Å². The molecule has 2 N–H and O–H groups in total. The van der Waals surface area contributed by atoms with E-state index < -0.39 is 0 Å². The molecule has 3 aromatic rings. The summed E-state index contributed by atoms with van der Waals surface area (Å²) < 4.78 is 10.2. The Balaban J connectivity index is 1.82. The first-order chi connectivity index (χ1) is 13.6. The first-order valence-corrected chi connectivity index (χ1v) is 9.70. The zero-order chi connectivity index (χ0) is 19.9. The number of fused-ring (bicyclic) bond motifs is 1. The molecule has 1 heterocycles. The van der Waals surface area contributed by atoms with Gasteiger partial charge in [0.15, 0.2) is 0 Å². The van der Waals surface area contributed by atoms with E-state index in [1.165, 1.54) is 0 Å². The predicted octanol–water partition coefficient (Wildman–Crippen LogP) is 4.39. The van der Waals surface area contributed by atoms with E-state index in [0.29, 0.717) is 29.8 Å². The molecule has 0 radical (unpaired) electrons. The Bertz CT molecular complexity index is 942. The standard InChI is InChI=1S/C21H22Cl2N2O3/c1-27-8-9-28-13-21(26)25-12-17(15-7-6-14(22)10-19(15)23)18-11-24-20-5-3-2-4-16(18)20/h2-7,10-11,17,24H,8-9,12-13H2,1H3,(H,25,26). The van der Waals surface area contributed by atoms with Gasteiger partial charge in [0.1, 0.15) is 6.61 Å². The topological polar surface area (TPSA) is 63.4 Å². The number of rotatable bonds is 9. The van der Waals surface area contributed by atoms with E-state index in [2.05, 4.69) is 10.3 Å². The number of hydrogen-bond acceptors (Lipinski definition) is 3. The number of aromatic amines is 1. The molecular weight excluding hydrogens is 399 g/mol. The van der Waals surface area contributed by atoms with Crippen LogP contribution < -0.4 is 5.32 Å². The number of ether oxygens (including phenoxy) is 2. The van der Waals surface area contributed by atoms with Crippen molar-refractivity contribution in [3.63, 3.8) is 0 Å². The monoisotopic (exact) mass is 420 g/mol. The summed E-state index contributed by atoms with van der Waals surface area (Å²) in [6, 6.07) is 13.5. The third-order valence-corrected chi connectivity index (χ3v) is 5.07. The van der Waals surface area contributed by atoms with Crippen molar-refractivity contribution in [2.24, 2.45) is 0 Å². The van der Waals surface area contributed by atoms with Crippen LogP contribution in [0.25, 0.3) is 10.9 Å². The second-order valence-corrected chi connectivity index (χ2v) is 7.20. The molecule has 0 spiro atoms. The van der Waals surface area contributed by atoms with Gasteiger partial charge in [0.25, 0.3) is 0 Å². The number of methoxy groups -OCH3 is 1. The van der Waals surface area contributed by atoms with Crippen molar-refractivity contribution in [2.75, 3.05) is 33.5 Å². The second-order valence-electron chi connectivity index (χ2n) is 6.36. The number of aromatic nitrogens is 1. The molecule has 28 heavy (non-hydrogen) atoms. The molecule has 0 saturated carbocycles. The van der Waals surface area contributed by atoms with Crippen LogP contribution in [-0.4, -0.2) is 44.4 Å². The highest BCUT2D eigenvalue weighted by atomic mass is 35.5. The maximum atomic E-state index is 12.2. The lowest BCUT2D eigenvalue weighted by molar-refractivity contribution is -0.126. The molecule has 0 aliphatic carbocycles. The Morgan fingerprint density at radius 3 is 2.75 bits per heavy atom. The summed E-state index contributed by atoms with van der Waals surface area (Å²) in [5.41, 5.74) is 2.98. The third-order valence-electron chi connectivity index (χ3n) is 4.50. The van der Waals surface area contributed by atoms with Crippen LogP contribution in [0.3, 0.4) is 0 Å². The first kappa shape index (κ1) is 20.7. The third kappa shape index (κ3) is 5.06. The molecule has 148 valence electrons. The molecule has 0 fully saturated rings. The lowest BCUT2D eigenvalue weighted by Crippen LogP contribution is -2.32. The largest absolute Gasteiger partial charge is 0.382 e. The van der Waals surface area contributed by atoms with E-state index in [1.807, 2.05) is 36.5 Å². The van der Waals surface area contributed by atoms with E-state index in [0.717, 1.165) is 22.0 Å². The van der Waals surface area contributed by atoms with Gasteiger partial charge in [-0.15, -0.1) is 0 Å². The molecule has 3 rings (SSSR count). The Labute approximate surface area is 173 Å². The summed E-state index contributed by atoms with van der Waals surface area (Å²) in [4.78, 5) is 15.5. The number of H-pyrrole nitrogens is 1. The Morgan fingerprint density at radius 2 is 1.96 bits per heavy atom. The molecule has 1 atom stereocenters. The number of benzene rings is 2. The summed E-state index contributed by atoms with van der Waals surface area (Å²) in [7, 11) is 1.59. The molecule has 7 heteroatoms. The average molecular weight is 421 g/mol. The van der Waals surface area contributed by atoms with E-state index in [4.69, 9.17) is 32.7 Å². The zero-order valence-corrected chi connectivity index (χ0v) is 17.0. The van der Waals surface area contributed by atoms with Crippen LogP contribution in [0.2, 0.25) is 10.0 Å². The number of amides is 1. The van der Waals surface area contributed by atoms with Crippen molar-refractivity contribution in [1.82, 2.24) is 10.3 Å². The minimum Gasteiger partial charge on any atom is -0.382 e. The highest BCUT2D eigenvalue weighted by Gasteiger charge is 2.21. The van der Waals surface area contributed by atoms with Gasteiger partial charge < -0.3 is 19.8 Å². The first-order valence-electron chi connectivity index (χ1n) is 8.94. The molecule has 0 aliphatic heterocycles. The van der Waals surface area contributed by atoms with Gasteiger partial charge in [-0.25, -0.2) is 0 Å². The van der Waals surface area contributed by atoms with E-state index in [-0.39, 0.29) is 18.4 Å². The fourth-order valence-electron chi connectivity index (χ4n) is 3.13. The van der Waals surface area contributed by atoms with Crippen molar-refractivity contribution >= 4 is 40.0 Å². The number of para-hydroxylation sites is 1. The van der Waals surface area contributed by atoms with Crippen LogP contribution in [-0.2, 0) is 14.3 Å². The van der Waals surface area contributed by atoms with Crippen LogP contribution in [0.15, 0.2) is 48.7 Å². The summed E-state index contributed by atoms with van der Waals surface area (Å²) in [6.07, 6.45) is 1.96.